The molecule has 0 fully saturated rings. The molecule has 7 nitrogen and oxygen atoms in total. The standard InChI is InChI=1S/C25H34N4O3.HI/c1-6-26-24(27-15-17-13-23(30)29-20-10-8-7-9-19(17)20)28-16-25(2,3)18-11-12-21(31-4)22(14-18)32-5;/h7-12,14,17H,6,13,15-16H2,1-5H3,(H,29,30)(H2,26,27,28);1H. The van der Waals surface area contributed by atoms with Crippen LogP contribution >= 0.6 is 24.0 Å². The monoisotopic (exact) mass is 566 g/mol. The number of ether oxygens (including phenoxy) is 2. The van der Waals surface area contributed by atoms with E-state index in [-0.39, 0.29) is 41.2 Å². The highest BCUT2D eigenvalue weighted by atomic mass is 127. The lowest BCUT2D eigenvalue weighted by Gasteiger charge is -2.27. The van der Waals surface area contributed by atoms with E-state index >= 15 is 0 Å². The van der Waals surface area contributed by atoms with Crippen molar-refractivity contribution in [1.29, 1.82) is 0 Å². The molecule has 180 valence electrons. The van der Waals surface area contributed by atoms with Crippen LogP contribution in [0.15, 0.2) is 47.5 Å². The highest BCUT2D eigenvalue weighted by Gasteiger charge is 2.25. The van der Waals surface area contributed by atoms with E-state index in [1.807, 2.05) is 37.3 Å². The fourth-order valence-corrected chi connectivity index (χ4v) is 3.87. The van der Waals surface area contributed by atoms with Crippen molar-refractivity contribution in [1.82, 2.24) is 10.6 Å². The number of hydrogen-bond donors (Lipinski definition) is 3. The number of amides is 1. The normalized spacial score (nSPS) is 15.6. The van der Waals surface area contributed by atoms with Crippen LogP contribution in [0.25, 0.3) is 0 Å². The van der Waals surface area contributed by atoms with Gasteiger partial charge < -0.3 is 25.4 Å². The first-order chi connectivity index (χ1) is 15.4. The Kier molecular flexibility index (Phi) is 9.82. The summed E-state index contributed by atoms with van der Waals surface area (Å²) in [5, 5.41) is 9.70. The number of para-hydroxylation sites is 1. The number of benzene rings is 2. The van der Waals surface area contributed by atoms with E-state index < -0.39 is 0 Å². The van der Waals surface area contributed by atoms with Gasteiger partial charge in [0, 0.05) is 36.5 Å². The first kappa shape index (κ1) is 26.8. The molecule has 0 spiro atoms. The maximum Gasteiger partial charge on any atom is 0.225 e. The zero-order valence-corrected chi connectivity index (χ0v) is 22.4. The molecule has 3 N–H and O–H groups in total. The summed E-state index contributed by atoms with van der Waals surface area (Å²) in [5.41, 5.74) is 2.96. The first-order valence-electron chi connectivity index (χ1n) is 11.0. The molecule has 1 aliphatic rings. The zero-order valence-electron chi connectivity index (χ0n) is 20.0. The number of carbonyl (C=O) groups excluding carboxylic acids is 1. The topological polar surface area (TPSA) is 84.0 Å². The van der Waals surface area contributed by atoms with Gasteiger partial charge in [0.25, 0.3) is 0 Å². The summed E-state index contributed by atoms with van der Waals surface area (Å²) in [7, 11) is 3.28. The minimum atomic E-state index is -0.209. The van der Waals surface area contributed by atoms with Gasteiger partial charge in [0.2, 0.25) is 5.91 Å². The fraction of sp³-hybridized carbons (Fsp3) is 0.440. The van der Waals surface area contributed by atoms with Crippen molar-refractivity contribution in [3.8, 4) is 11.5 Å². The van der Waals surface area contributed by atoms with Crippen LogP contribution in [0.1, 0.15) is 44.2 Å². The third-order valence-electron chi connectivity index (χ3n) is 5.76. The predicted molar refractivity (Wildman–Crippen MR) is 144 cm³/mol. The Morgan fingerprint density at radius 3 is 2.55 bits per heavy atom. The van der Waals surface area contributed by atoms with Gasteiger partial charge in [-0.15, -0.1) is 24.0 Å². The summed E-state index contributed by atoms with van der Waals surface area (Å²) in [4.78, 5) is 17.0. The average molecular weight is 566 g/mol. The molecule has 0 saturated carbocycles. The van der Waals surface area contributed by atoms with Crippen LogP contribution in [0.2, 0.25) is 0 Å². The maximum absolute atomic E-state index is 12.1. The van der Waals surface area contributed by atoms with Gasteiger partial charge in [0.15, 0.2) is 17.5 Å². The summed E-state index contributed by atoms with van der Waals surface area (Å²) >= 11 is 0. The molecule has 0 aromatic heterocycles. The van der Waals surface area contributed by atoms with Crippen LogP contribution in [0.3, 0.4) is 0 Å². The molecule has 8 heteroatoms. The average Bonchev–Trinajstić information content (AvgIpc) is 2.80. The van der Waals surface area contributed by atoms with E-state index in [1.54, 1.807) is 14.2 Å². The Morgan fingerprint density at radius 1 is 1.12 bits per heavy atom. The first-order valence-corrected chi connectivity index (χ1v) is 11.0. The molecule has 1 unspecified atom stereocenters. The number of nitrogens with zero attached hydrogens (tertiary/aromatic N) is 1. The van der Waals surface area contributed by atoms with Crippen LogP contribution in [0, 0.1) is 0 Å². The third kappa shape index (κ3) is 6.75. The predicted octanol–water partition coefficient (Wildman–Crippen LogP) is 4.28. The molecule has 2 aromatic rings. The van der Waals surface area contributed by atoms with Gasteiger partial charge in [-0.25, -0.2) is 0 Å². The highest BCUT2D eigenvalue weighted by Crippen LogP contribution is 2.34. The molecule has 3 rings (SSSR count). The van der Waals surface area contributed by atoms with Crippen molar-refractivity contribution in [3.05, 3.63) is 53.6 Å². The maximum atomic E-state index is 12.1. The van der Waals surface area contributed by atoms with Crippen molar-refractivity contribution < 1.29 is 14.3 Å². The molecule has 0 saturated heterocycles. The highest BCUT2D eigenvalue weighted by molar-refractivity contribution is 14.0. The molecule has 0 aliphatic carbocycles. The lowest BCUT2D eigenvalue weighted by molar-refractivity contribution is -0.116. The smallest absolute Gasteiger partial charge is 0.225 e. The SMILES string of the molecule is CCNC(=NCC(C)(C)c1ccc(OC)c(OC)c1)NCC1CC(=O)Nc2ccccc21.I. The number of anilines is 1. The molecule has 1 aliphatic heterocycles. The summed E-state index contributed by atoms with van der Waals surface area (Å²) < 4.78 is 10.8. The number of aliphatic imine (C=N–C) groups is 1. The number of carbonyl (C=O) groups is 1. The summed E-state index contributed by atoms with van der Waals surface area (Å²) in [6, 6.07) is 14.0. The van der Waals surface area contributed by atoms with Crippen molar-refractivity contribution in [2.75, 3.05) is 39.2 Å². The number of rotatable bonds is 8. The fourth-order valence-electron chi connectivity index (χ4n) is 3.87. The molecule has 1 amide bonds. The molecule has 0 bridgehead atoms. The number of hydrogen-bond acceptors (Lipinski definition) is 4. The Labute approximate surface area is 213 Å². The third-order valence-corrected chi connectivity index (χ3v) is 5.76. The van der Waals surface area contributed by atoms with Crippen molar-refractivity contribution in [3.63, 3.8) is 0 Å². The summed E-state index contributed by atoms with van der Waals surface area (Å²) in [5.74, 6) is 2.31. The second-order valence-electron chi connectivity index (χ2n) is 8.57. The van der Waals surface area contributed by atoms with Gasteiger partial charge in [-0.2, -0.15) is 0 Å². The van der Waals surface area contributed by atoms with E-state index in [4.69, 9.17) is 14.5 Å². The van der Waals surface area contributed by atoms with Gasteiger partial charge in [0.05, 0.1) is 20.8 Å². The second kappa shape index (κ2) is 12.1. The molecular weight excluding hydrogens is 531 g/mol. The molecule has 33 heavy (non-hydrogen) atoms. The van der Waals surface area contributed by atoms with E-state index in [2.05, 4.69) is 41.9 Å². The molecular formula is C25H35IN4O3. The minimum absolute atomic E-state index is 0. The van der Waals surface area contributed by atoms with E-state index in [0.717, 1.165) is 29.3 Å². The van der Waals surface area contributed by atoms with Crippen LogP contribution in [-0.2, 0) is 10.2 Å². The van der Waals surface area contributed by atoms with Crippen molar-refractivity contribution in [2.24, 2.45) is 4.99 Å². The minimum Gasteiger partial charge on any atom is -0.493 e. The molecule has 0 radical (unpaired) electrons. The Morgan fingerprint density at radius 2 is 1.85 bits per heavy atom. The van der Waals surface area contributed by atoms with Gasteiger partial charge in [-0.3, -0.25) is 9.79 Å². The Bertz CT molecular complexity index is 978. The number of halogens is 1. The lowest BCUT2D eigenvalue weighted by atomic mass is 9.84. The molecule has 2 aromatic carbocycles. The quantitative estimate of drug-likeness (QED) is 0.253. The van der Waals surface area contributed by atoms with Crippen LogP contribution in [0.4, 0.5) is 5.69 Å². The van der Waals surface area contributed by atoms with Gasteiger partial charge in [-0.05, 0) is 36.2 Å². The van der Waals surface area contributed by atoms with Crippen LogP contribution < -0.4 is 25.4 Å². The number of methoxy groups -OCH3 is 2. The number of guanidine groups is 1. The van der Waals surface area contributed by atoms with Gasteiger partial charge in [0.1, 0.15) is 0 Å². The second-order valence-corrected chi connectivity index (χ2v) is 8.57. The summed E-state index contributed by atoms with van der Waals surface area (Å²) in [6.07, 6.45) is 0.459. The van der Waals surface area contributed by atoms with E-state index in [0.29, 0.717) is 31.0 Å². The molecule has 1 atom stereocenters. The zero-order chi connectivity index (χ0) is 23.1. The van der Waals surface area contributed by atoms with Gasteiger partial charge in [-0.1, -0.05) is 38.1 Å². The Hall–Kier alpha value is -2.49. The van der Waals surface area contributed by atoms with Crippen LogP contribution in [0.5, 0.6) is 11.5 Å². The lowest BCUT2D eigenvalue weighted by Crippen LogP contribution is -2.41. The van der Waals surface area contributed by atoms with Crippen molar-refractivity contribution in [2.45, 2.75) is 38.5 Å². The molecule has 1 heterocycles. The van der Waals surface area contributed by atoms with E-state index in [1.165, 1.54) is 0 Å². The van der Waals surface area contributed by atoms with Crippen molar-refractivity contribution >= 4 is 41.5 Å². The van der Waals surface area contributed by atoms with Gasteiger partial charge >= 0.3 is 0 Å². The van der Waals surface area contributed by atoms with E-state index in [9.17, 15) is 4.79 Å². The largest absolute Gasteiger partial charge is 0.493 e. The number of fused-ring (bicyclic) bond motifs is 1. The number of nitrogens with one attached hydrogen (secondary N) is 3. The Balaban J connectivity index is 0.00000385. The van der Waals surface area contributed by atoms with Crippen LogP contribution in [-0.4, -0.2) is 45.7 Å². The summed E-state index contributed by atoms with van der Waals surface area (Å²) in [6.45, 7) is 8.32.